The molecule has 2 N–H and O–H groups in total. The number of aryl methyl sites for hydroxylation is 1. The molecule has 0 amide bonds. The molecule has 2 aromatic rings. The van der Waals surface area contributed by atoms with E-state index < -0.39 is 0 Å². The van der Waals surface area contributed by atoms with Crippen LogP contribution in [0, 0.1) is 0 Å². The van der Waals surface area contributed by atoms with E-state index in [4.69, 9.17) is 5.73 Å². The van der Waals surface area contributed by atoms with Gasteiger partial charge in [-0.25, -0.2) is 0 Å². The molecule has 0 bridgehead atoms. The zero-order valence-corrected chi connectivity index (χ0v) is 12.4. The Labute approximate surface area is 121 Å². The lowest BCUT2D eigenvalue weighted by atomic mass is 10.1. The van der Waals surface area contributed by atoms with Gasteiger partial charge in [0.15, 0.2) is 0 Å². The SMILES string of the molecule is Cn1cc(C(N)CN2CCCCCC2)c2ccccc21. The average Bonchev–Trinajstić information content (AvgIpc) is 2.64. The van der Waals surface area contributed by atoms with E-state index in [0.717, 1.165) is 6.54 Å². The van der Waals surface area contributed by atoms with Gasteiger partial charge in [-0.2, -0.15) is 0 Å². The molecule has 1 aliphatic rings. The average molecular weight is 271 g/mol. The molecular weight excluding hydrogens is 246 g/mol. The third kappa shape index (κ3) is 2.74. The number of benzene rings is 1. The van der Waals surface area contributed by atoms with Gasteiger partial charge < -0.3 is 15.2 Å². The van der Waals surface area contributed by atoms with Crippen molar-refractivity contribution >= 4 is 10.9 Å². The third-order valence-corrected chi connectivity index (χ3v) is 4.48. The van der Waals surface area contributed by atoms with Crippen molar-refractivity contribution in [1.82, 2.24) is 9.47 Å². The minimum atomic E-state index is 0.110. The molecule has 0 aliphatic carbocycles. The number of aromatic nitrogens is 1. The molecule has 2 heterocycles. The fourth-order valence-corrected chi connectivity index (χ4v) is 3.36. The van der Waals surface area contributed by atoms with Gasteiger partial charge in [0.2, 0.25) is 0 Å². The van der Waals surface area contributed by atoms with Crippen LogP contribution in [-0.4, -0.2) is 29.1 Å². The van der Waals surface area contributed by atoms with Gasteiger partial charge in [-0.1, -0.05) is 31.0 Å². The fourth-order valence-electron chi connectivity index (χ4n) is 3.36. The van der Waals surface area contributed by atoms with Gasteiger partial charge in [0.1, 0.15) is 0 Å². The molecule has 1 aromatic heterocycles. The first kappa shape index (κ1) is 13.7. The molecule has 0 saturated carbocycles. The maximum absolute atomic E-state index is 6.50. The van der Waals surface area contributed by atoms with Gasteiger partial charge in [-0.05, 0) is 37.6 Å². The Hall–Kier alpha value is -1.32. The summed E-state index contributed by atoms with van der Waals surface area (Å²) in [6.45, 7) is 3.39. The van der Waals surface area contributed by atoms with E-state index in [1.807, 2.05) is 0 Å². The molecule has 1 fully saturated rings. The zero-order valence-electron chi connectivity index (χ0n) is 12.4. The summed E-state index contributed by atoms with van der Waals surface area (Å²) in [7, 11) is 2.10. The van der Waals surface area contributed by atoms with Crippen molar-refractivity contribution in [2.45, 2.75) is 31.7 Å². The van der Waals surface area contributed by atoms with Crippen molar-refractivity contribution in [3.05, 3.63) is 36.0 Å². The predicted octanol–water partition coefficient (Wildman–Crippen LogP) is 3.05. The molecule has 3 heteroatoms. The maximum atomic E-state index is 6.50. The van der Waals surface area contributed by atoms with Crippen molar-refractivity contribution in [2.75, 3.05) is 19.6 Å². The van der Waals surface area contributed by atoms with Gasteiger partial charge >= 0.3 is 0 Å². The first-order valence-corrected chi connectivity index (χ1v) is 7.77. The second-order valence-corrected chi connectivity index (χ2v) is 6.03. The minimum absolute atomic E-state index is 0.110. The van der Waals surface area contributed by atoms with Crippen LogP contribution in [-0.2, 0) is 7.05 Å². The summed E-state index contributed by atoms with van der Waals surface area (Å²) in [5.74, 6) is 0. The lowest BCUT2D eigenvalue weighted by Crippen LogP contribution is -2.32. The molecule has 20 heavy (non-hydrogen) atoms. The quantitative estimate of drug-likeness (QED) is 0.931. The smallest absolute Gasteiger partial charge is 0.0481 e. The second kappa shape index (κ2) is 5.98. The van der Waals surface area contributed by atoms with Crippen LogP contribution in [0.2, 0.25) is 0 Å². The first-order chi connectivity index (χ1) is 9.75. The summed E-state index contributed by atoms with van der Waals surface area (Å²) >= 11 is 0. The van der Waals surface area contributed by atoms with Gasteiger partial charge in [0.25, 0.3) is 0 Å². The highest BCUT2D eigenvalue weighted by Crippen LogP contribution is 2.25. The Morgan fingerprint density at radius 2 is 1.80 bits per heavy atom. The maximum Gasteiger partial charge on any atom is 0.0481 e. The normalized spacial score (nSPS) is 19.1. The highest BCUT2D eigenvalue weighted by Gasteiger charge is 2.17. The molecule has 1 aromatic carbocycles. The highest BCUT2D eigenvalue weighted by atomic mass is 15.1. The molecule has 1 unspecified atom stereocenters. The number of nitrogens with zero attached hydrogens (tertiary/aromatic N) is 2. The van der Waals surface area contributed by atoms with Crippen LogP contribution in [0.25, 0.3) is 10.9 Å². The number of likely N-dealkylation sites (tertiary alicyclic amines) is 1. The van der Waals surface area contributed by atoms with E-state index in [1.54, 1.807) is 0 Å². The number of para-hydroxylation sites is 1. The van der Waals surface area contributed by atoms with E-state index in [2.05, 4.69) is 47.0 Å². The van der Waals surface area contributed by atoms with Crippen LogP contribution in [0.4, 0.5) is 0 Å². The highest BCUT2D eigenvalue weighted by molar-refractivity contribution is 5.84. The number of hydrogen-bond acceptors (Lipinski definition) is 2. The Morgan fingerprint density at radius 1 is 1.10 bits per heavy atom. The zero-order chi connectivity index (χ0) is 13.9. The molecule has 1 atom stereocenters. The molecule has 3 nitrogen and oxygen atoms in total. The summed E-state index contributed by atoms with van der Waals surface area (Å²) in [6.07, 6.45) is 7.59. The Morgan fingerprint density at radius 3 is 2.55 bits per heavy atom. The summed E-state index contributed by atoms with van der Waals surface area (Å²) in [4.78, 5) is 2.54. The topological polar surface area (TPSA) is 34.2 Å². The van der Waals surface area contributed by atoms with Gasteiger partial charge in [-0.15, -0.1) is 0 Å². The number of fused-ring (bicyclic) bond motifs is 1. The largest absolute Gasteiger partial charge is 0.350 e. The Bertz CT molecular complexity index is 565. The second-order valence-electron chi connectivity index (χ2n) is 6.03. The number of rotatable bonds is 3. The third-order valence-electron chi connectivity index (χ3n) is 4.48. The molecule has 1 saturated heterocycles. The number of hydrogen-bond donors (Lipinski definition) is 1. The van der Waals surface area contributed by atoms with Crippen LogP contribution in [0.5, 0.6) is 0 Å². The fraction of sp³-hybridized carbons (Fsp3) is 0.529. The molecule has 0 spiro atoms. The summed E-state index contributed by atoms with van der Waals surface area (Å²) in [5.41, 5.74) is 9.06. The minimum Gasteiger partial charge on any atom is -0.350 e. The van der Waals surface area contributed by atoms with Gasteiger partial charge in [-0.3, -0.25) is 0 Å². The summed E-state index contributed by atoms with van der Waals surface area (Å²) in [6, 6.07) is 8.65. The first-order valence-electron chi connectivity index (χ1n) is 7.77. The Kier molecular flexibility index (Phi) is 4.08. The van der Waals surface area contributed by atoms with E-state index in [0.29, 0.717) is 0 Å². The molecule has 0 radical (unpaired) electrons. The molecular formula is C17H25N3. The van der Waals surface area contributed by atoms with Crippen LogP contribution < -0.4 is 5.73 Å². The van der Waals surface area contributed by atoms with Crippen LogP contribution in [0.15, 0.2) is 30.5 Å². The Balaban J connectivity index is 1.79. The predicted molar refractivity (Wildman–Crippen MR) is 84.8 cm³/mol. The van der Waals surface area contributed by atoms with E-state index in [9.17, 15) is 0 Å². The van der Waals surface area contributed by atoms with Crippen molar-refractivity contribution in [3.8, 4) is 0 Å². The van der Waals surface area contributed by atoms with E-state index >= 15 is 0 Å². The lowest BCUT2D eigenvalue weighted by Gasteiger charge is -2.23. The van der Waals surface area contributed by atoms with Crippen molar-refractivity contribution in [1.29, 1.82) is 0 Å². The van der Waals surface area contributed by atoms with Crippen molar-refractivity contribution < 1.29 is 0 Å². The standard InChI is InChI=1S/C17H25N3/c1-19-12-15(14-8-4-5-9-17(14)19)16(18)13-20-10-6-2-3-7-11-20/h4-5,8-9,12,16H,2-3,6-7,10-11,13,18H2,1H3. The molecule has 108 valence electrons. The molecule has 3 rings (SSSR count). The van der Waals surface area contributed by atoms with Crippen LogP contribution in [0.1, 0.15) is 37.3 Å². The summed E-state index contributed by atoms with van der Waals surface area (Å²) in [5, 5.41) is 1.30. The van der Waals surface area contributed by atoms with E-state index in [-0.39, 0.29) is 6.04 Å². The molecule has 1 aliphatic heterocycles. The van der Waals surface area contributed by atoms with Gasteiger partial charge in [0.05, 0.1) is 0 Å². The van der Waals surface area contributed by atoms with Crippen molar-refractivity contribution in [2.24, 2.45) is 12.8 Å². The lowest BCUT2D eigenvalue weighted by molar-refractivity contribution is 0.268. The van der Waals surface area contributed by atoms with Crippen molar-refractivity contribution in [3.63, 3.8) is 0 Å². The summed E-state index contributed by atoms with van der Waals surface area (Å²) < 4.78 is 2.19. The monoisotopic (exact) mass is 271 g/mol. The van der Waals surface area contributed by atoms with Crippen LogP contribution in [0.3, 0.4) is 0 Å². The van der Waals surface area contributed by atoms with Crippen LogP contribution >= 0.6 is 0 Å². The van der Waals surface area contributed by atoms with E-state index in [1.165, 1.54) is 55.2 Å². The van der Waals surface area contributed by atoms with Gasteiger partial charge in [0, 0.05) is 36.7 Å². The number of nitrogens with two attached hydrogens (primary N) is 1.